The van der Waals surface area contributed by atoms with Crippen LogP contribution in [0.4, 0.5) is 5.13 Å². The molecule has 0 radical (unpaired) electrons. The van der Waals surface area contributed by atoms with Gasteiger partial charge in [0.2, 0.25) is 5.91 Å². The smallest absolute Gasteiger partial charge is 0.229 e. The molecular formula is C16H18N2O3S. The predicted octanol–water partition coefficient (Wildman–Crippen LogP) is 3.42. The number of thiazole rings is 1. The number of carbonyl (C=O) groups excluding carboxylic acids is 1. The van der Waals surface area contributed by atoms with E-state index < -0.39 is 0 Å². The summed E-state index contributed by atoms with van der Waals surface area (Å²) >= 11 is 1.42. The van der Waals surface area contributed by atoms with Gasteiger partial charge >= 0.3 is 0 Å². The second kappa shape index (κ2) is 5.96. The van der Waals surface area contributed by atoms with Crippen molar-refractivity contribution in [3.05, 3.63) is 23.6 Å². The van der Waals surface area contributed by atoms with E-state index in [9.17, 15) is 4.79 Å². The monoisotopic (exact) mass is 318 g/mol. The van der Waals surface area contributed by atoms with Crippen LogP contribution in [-0.2, 0) is 4.79 Å². The normalized spacial score (nSPS) is 19.6. The molecule has 1 fully saturated rings. The van der Waals surface area contributed by atoms with Gasteiger partial charge in [-0.25, -0.2) is 4.98 Å². The number of aromatic nitrogens is 1. The fraction of sp³-hybridized carbons (Fsp3) is 0.375. The van der Waals surface area contributed by atoms with E-state index >= 15 is 0 Å². The molecule has 0 spiro atoms. The van der Waals surface area contributed by atoms with Crippen LogP contribution in [0.25, 0.3) is 11.3 Å². The molecule has 5 nitrogen and oxygen atoms in total. The lowest BCUT2D eigenvalue weighted by Crippen LogP contribution is -2.14. The third-order valence-corrected chi connectivity index (χ3v) is 4.62. The van der Waals surface area contributed by atoms with Gasteiger partial charge in [0.25, 0.3) is 0 Å². The van der Waals surface area contributed by atoms with E-state index in [1.54, 1.807) is 14.2 Å². The summed E-state index contributed by atoms with van der Waals surface area (Å²) in [7, 11) is 3.23. The minimum Gasteiger partial charge on any atom is -0.497 e. The molecule has 0 bridgehead atoms. The summed E-state index contributed by atoms with van der Waals surface area (Å²) in [6.07, 6.45) is 0.969. The van der Waals surface area contributed by atoms with Crippen LogP contribution in [0.3, 0.4) is 0 Å². The van der Waals surface area contributed by atoms with E-state index in [2.05, 4.69) is 17.2 Å². The van der Waals surface area contributed by atoms with E-state index in [1.807, 2.05) is 23.6 Å². The summed E-state index contributed by atoms with van der Waals surface area (Å²) in [5, 5.41) is 5.42. The number of methoxy groups -OCH3 is 2. The fourth-order valence-electron chi connectivity index (χ4n) is 2.35. The number of nitrogens with zero attached hydrogens (tertiary/aromatic N) is 1. The van der Waals surface area contributed by atoms with Crippen LogP contribution in [0.15, 0.2) is 23.6 Å². The summed E-state index contributed by atoms with van der Waals surface area (Å²) in [4.78, 5) is 16.4. The van der Waals surface area contributed by atoms with Crippen molar-refractivity contribution in [2.45, 2.75) is 13.3 Å². The topological polar surface area (TPSA) is 60.5 Å². The van der Waals surface area contributed by atoms with Crippen molar-refractivity contribution < 1.29 is 14.3 Å². The van der Waals surface area contributed by atoms with Gasteiger partial charge in [0, 0.05) is 22.9 Å². The maximum absolute atomic E-state index is 12.0. The standard InChI is InChI=1S/C16H18N2O3S/c1-9-6-12(9)15(19)18-16-17-13(8-22-16)11-5-4-10(20-2)7-14(11)21-3/h4-5,7-9,12H,6H2,1-3H3,(H,17,18,19)/t9-,12-/m0/s1. The summed E-state index contributed by atoms with van der Waals surface area (Å²) in [6, 6.07) is 5.58. The average molecular weight is 318 g/mol. The average Bonchev–Trinajstić information content (AvgIpc) is 3.09. The van der Waals surface area contributed by atoms with Gasteiger partial charge in [-0.2, -0.15) is 0 Å². The number of nitrogens with one attached hydrogen (secondary N) is 1. The second-order valence-electron chi connectivity index (χ2n) is 5.41. The third kappa shape index (κ3) is 2.92. The first kappa shape index (κ1) is 14.8. The molecule has 22 heavy (non-hydrogen) atoms. The highest BCUT2D eigenvalue weighted by Crippen LogP contribution is 2.39. The number of ether oxygens (including phenoxy) is 2. The summed E-state index contributed by atoms with van der Waals surface area (Å²) in [5.41, 5.74) is 1.66. The molecule has 1 aliphatic rings. The molecule has 1 aromatic heterocycles. The number of carbonyl (C=O) groups is 1. The SMILES string of the molecule is COc1ccc(-c2csc(NC(=O)[C@H]3C[C@@H]3C)n2)c(OC)c1. The van der Waals surface area contributed by atoms with Gasteiger partial charge in [0.15, 0.2) is 5.13 Å². The maximum Gasteiger partial charge on any atom is 0.229 e. The van der Waals surface area contributed by atoms with Crippen LogP contribution in [0, 0.1) is 11.8 Å². The molecule has 3 rings (SSSR count). The Morgan fingerprint density at radius 1 is 1.36 bits per heavy atom. The first-order valence-electron chi connectivity index (χ1n) is 7.11. The van der Waals surface area contributed by atoms with Crippen molar-refractivity contribution in [3.63, 3.8) is 0 Å². The Morgan fingerprint density at radius 2 is 2.14 bits per heavy atom. The Hall–Kier alpha value is -2.08. The highest BCUT2D eigenvalue weighted by atomic mass is 32.1. The number of hydrogen-bond acceptors (Lipinski definition) is 5. The zero-order valence-electron chi connectivity index (χ0n) is 12.8. The van der Waals surface area contributed by atoms with Crippen LogP contribution in [-0.4, -0.2) is 25.1 Å². The fourth-order valence-corrected chi connectivity index (χ4v) is 3.06. The van der Waals surface area contributed by atoms with E-state index in [0.29, 0.717) is 16.8 Å². The first-order valence-corrected chi connectivity index (χ1v) is 7.99. The molecule has 0 unspecified atom stereocenters. The molecule has 1 aromatic carbocycles. The van der Waals surface area contributed by atoms with Gasteiger partial charge in [-0.15, -0.1) is 11.3 Å². The van der Waals surface area contributed by atoms with Crippen molar-refractivity contribution in [2.24, 2.45) is 11.8 Å². The first-order chi connectivity index (χ1) is 10.6. The molecule has 1 aliphatic carbocycles. The molecule has 1 amide bonds. The van der Waals surface area contributed by atoms with E-state index in [1.165, 1.54) is 11.3 Å². The Kier molecular flexibility index (Phi) is 4.02. The highest BCUT2D eigenvalue weighted by Gasteiger charge is 2.39. The zero-order chi connectivity index (χ0) is 15.7. The lowest BCUT2D eigenvalue weighted by atomic mass is 10.1. The second-order valence-corrected chi connectivity index (χ2v) is 6.27. The van der Waals surface area contributed by atoms with Crippen molar-refractivity contribution in [1.29, 1.82) is 0 Å². The zero-order valence-corrected chi connectivity index (χ0v) is 13.6. The van der Waals surface area contributed by atoms with Crippen LogP contribution < -0.4 is 14.8 Å². The third-order valence-electron chi connectivity index (χ3n) is 3.87. The molecule has 1 saturated carbocycles. The van der Waals surface area contributed by atoms with Crippen molar-refractivity contribution in [2.75, 3.05) is 19.5 Å². The number of hydrogen-bond donors (Lipinski definition) is 1. The number of benzene rings is 1. The van der Waals surface area contributed by atoms with Crippen molar-refractivity contribution in [1.82, 2.24) is 4.98 Å². The molecule has 0 saturated heterocycles. The summed E-state index contributed by atoms with van der Waals surface area (Å²) in [6.45, 7) is 2.08. The van der Waals surface area contributed by atoms with Crippen molar-refractivity contribution >= 4 is 22.4 Å². The lowest BCUT2D eigenvalue weighted by Gasteiger charge is -2.08. The predicted molar refractivity (Wildman–Crippen MR) is 86.6 cm³/mol. The van der Waals surface area contributed by atoms with E-state index in [4.69, 9.17) is 9.47 Å². The lowest BCUT2D eigenvalue weighted by molar-refractivity contribution is -0.117. The Bertz CT molecular complexity index is 698. The van der Waals surface area contributed by atoms with Gasteiger partial charge in [-0.3, -0.25) is 4.79 Å². The molecule has 1 heterocycles. The Balaban J connectivity index is 1.80. The highest BCUT2D eigenvalue weighted by molar-refractivity contribution is 7.14. The molecular weight excluding hydrogens is 300 g/mol. The molecule has 2 atom stereocenters. The molecule has 116 valence electrons. The van der Waals surface area contributed by atoms with E-state index in [0.717, 1.165) is 23.4 Å². The molecule has 0 aliphatic heterocycles. The van der Waals surface area contributed by atoms with E-state index in [-0.39, 0.29) is 11.8 Å². The summed E-state index contributed by atoms with van der Waals surface area (Å²) in [5.74, 6) is 2.12. The quantitative estimate of drug-likeness (QED) is 0.917. The largest absolute Gasteiger partial charge is 0.497 e. The molecule has 6 heteroatoms. The van der Waals surface area contributed by atoms with Crippen LogP contribution >= 0.6 is 11.3 Å². The minimum atomic E-state index is 0.0649. The van der Waals surface area contributed by atoms with Gasteiger partial charge in [0.1, 0.15) is 11.5 Å². The number of amides is 1. The number of rotatable bonds is 5. The molecule has 2 aromatic rings. The maximum atomic E-state index is 12.0. The van der Waals surface area contributed by atoms with Crippen LogP contribution in [0.5, 0.6) is 11.5 Å². The van der Waals surface area contributed by atoms with Gasteiger partial charge in [-0.05, 0) is 24.5 Å². The Labute approximate surface area is 133 Å². The summed E-state index contributed by atoms with van der Waals surface area (Å²) < 4.78 is 10.6. The number of anilines is 1. The van der Waals surface area contributed by atoms with Crippen LogP contribution in [0.1, 0.15) is 13.3 Å². The van der Waals surface area contributed by atoms with Crippen LogP contribution in [0.2, 0.25) is 0 Å². The van der Waals surface area contributed by atoms with Gasteiger partial charge in [-0.1, -0.05) is 6.92 Å². The Morgan fingerprint density at radius 3 is 2.77 bits per heavy atom. The van der Waals surface area contributed by atoms with Crippen molar-refractivity contribution in [3.8, 4) is 22.8 Å². The minimum absolute atomic E-state index is 0.0649. The van der Waals surface area contributed by atoms with Gasteiger partial charge < -0.3 is 14.8 Å². The molecule has 1 N–H and O–H groups in total. The van der Waals surface area contributed by atoms with Gasteiger partial charge in [0.05, 0.1) is 19.9 Å².